The highest BCUT2D eigenvalue weighted by Crippen LogP contribution is 2.36. The number of nitrogens with zero attached hydrogens (tertiary/aromatic N) is 5. The summed E-state index contributed by atoms with van der Waals surface area (Å²) in [7, 11) is 0. The molecule has 0 bridgehead atoms. The predicted molar refractivity (Wildman–Crippen MR) is 108 cm³/mol. The van der Waals surface area contributed by atoms with Gasteiger partial charge in [-0.2, -0.15) is 0 Å². The number of halogens is 2. The number of hydrogen-bond acceptors (Lipinski definition) is 8. The van der Waals surface area contributed by atoms with Crippen molar-refractivity contribution in [3.8, 4) is 22.2 Å². The fourth-order valence-electron chi connectivity index (χ4n) is 2.32. The molecule has 1 unspecified atom stereocenters. The van der Waals surface area contributed by atoms with Crippen molar-refractivity contribution in [1.82, 2.24) is 25.1 Å². The Morgan fingerprint density at radius 3 is 2.81 bits per heavy atom. The first-order chi connectivity index (χ1) is 13.0. The van der Waals surface area contributed by atoms with Crippen LogP contribution in [0.25, 0.3) is 22.2 Å². The van der Waals surface area contributed by atoms with E-state index in [0.29, 0.717) is 38.4 Å². The lowest BCUT2D eigenvalue weighted by Gasteiger charge is -2.07. The van der Waals surface area contributed by atoms with Crippen molar-refractivity contribution in [2.75, 3.05) is 5.84 Å². The highest BCUT2D eigenvalue weighted by Gasteiger charge is 2.21. The van der Waals surface area contributed by atoms with Crippen molar-refractivity contribution in [2.45, 2.75) is 17.3 Å². The number of nitrogen functional groups attached to an aromatic ring is 1. The normalized spacial score (nSPS) is 12.4. The lowest BCUT2D eigenvalue weighted by Crippen LogP contribution is -2.12. The SMILES string of the molecule is CC(Sc1nnc(-c2cc(Cl)ccc2Cl)n1N)c1nnc(-c2cccs2)o1. The molecule has 0 radical (unpaired) electrons. The van der Waals surface area contributed by atoms with Gasteiger partial charge in [0.15, 0.2) is 5.82 Å². The molecule has 0 fully saturated rings. The zero-order valence-corrected chi connectivity index (χ0v) is 17.0. The van der Waals surface area contributed by atoms with Crippen LogP contribution in [0, 0.1) is 0 Å². The van der Waals surface area contributed by atoms with Crippen LogP contribution >= 0.6 is 46.3 Å². The Labute approximate surface area is 172 Å². The summed E-state index contributed by atoms with van der Waals surface area (Å²) in [6, 6.07) is 8.94. The van der Waals surface area contributed by atoms with E-state index in [2.05, 4.69) is 20.4 Å². The standard InChI is InChI=1S/C16H12Cl2N6OS2/c1-8(14-21-22-15(25-14)12-3-2-6-26-12)27-16-23-20-13(24(16)19)10-7-9(17)4-5-11(10)18/h2-8H,19H2,1H3. The Morgan fingerprint density at radius 1 is 1.19 bits per heavy atom. The number of benzene rings is 1. The zero-order chi connectivity index (χ0) is 19.0. The van der Waals surface area contributed by atoms with E-state index in [1.165, 1.54) is 27.8 Å². The van der Waals surface area contributed by atoms with Crippen LogP contribution in [0.5, 0.6) is 0 Å². The predicted octanol–water partition coefficient (Wildman–Crippen LogP) is 4.93. The van der Waals surface area contributed by atoms with E-state index in [0.717, 1.165) is 4.88 Å². The zero-order valence-electron chi connectivity index (χ0n) is 13.8. The van der Waals surface area contributed by atoms with Crippen molar-refractivity contribution in [2.24, 2.45) is 0 Å². The van der Waals surface area contributed by atoms with Crippen molar-refractivity contribution in [3.05, 3.63) is 51.6 Å². The van der Waals surface area contributed by atoms with Crippen LogP contribution in [0.2, 0.25) is 10.0 Å². The van der Waals surface area contributed by atoms with Gasteiger partial charge < -0.3 is 10.3 Å². The largest absolute Gasteiger partial charge is 0.419 e. The second-order valence-corrected chi connectivity index (χ2v) is 8.58. The Kier molecular flexibility index (Phi) is 5.09. The van der Waals surface area contributed by atoms with Crippen LogP contribution < -0.4 is 5.84 Å². The molecule has 3 heterocycles. The van der Waals surface area contributed by atoms with Gasteiger partial charge in [0.25, 0.3) is 5.89 Å². The Morgan fingerprint density at radius 2 is 2.04 bits per heavy atom. The van der Waals surface area contributed by atoms with Crippen LogP contribution in [-0.2, 0) is 0 Å². The monoisotopic (exact) mass is 438 g/mol. The van der Waals surface area contributed by atoms with Crippen LogP contribution in [0.15, 0.2) is 45.3 Å². The third-order valence-corrected chi connectivity index (χ3v) is 6.10. The molecule has 4 aromatic rings. The number of thiophene rings is 1. The summed E-state index contributed by atoms with van der Waals surface area (Å²) in [4.78, 5) is 0.922. The Bertz CT molecular complexity index is 1080. The third kappa shape index (κ3) is 3.68. The van der Waals surface area contributed by atoms with E-state index < -0.39 is 0 Å². The summed E-state index contributed by atoms with van der Waals surface area (Å²) in [5.41, 5.74) is 0.608. The molecule has 138 valence electrons. The van der Waals surface area contributed by atoms with Crippen molar-refractivity contribution in [3.63, 3.8) is 0 Å². The highest BCUT2D eigenvalue weighted by molar-refractivity contribution is 7.99. The average Bonchev–Trinajstić information content (AvgIpc) is 3.39. The first-order valence-corrected chi connectivity index (χ1v) is 10.2. The van der Waals surface area contributed by atoms with Gasteiger partial charge in [0, 0.05) is 10.6 Å². The van der Waals surface area contributed by atoms with E-state index >= 15 is 0 Å². The van der Waals surface area contributed by atoms with E-state index in [1.807, 2.05) is 24.4 Å². The molecular formula is C16H12Cl2N6OS2. The molecule has 11 heteroatoms. The summed E-state index contributed by atoms with van der Waals surface area (Å²) in [5.74, 6) is 7.56. The number of thioether (sulfide) groups is 1. The fraction of sp³-hybridized carbons (Fsp3) is 0.125. The van der Waals surface area contributed by atoms with Crippen LogP contribution in [0.4, 0.5) is 0 Å². The number of nitrogens with two attached hydrogens (primary N) is 1. The van der Waals surface area contributed by atoms with Gasteiger partial charge in [0.1, 0.15) is 0 Å². The van der Waals surface area contributed by atoms with Gasteiger partial charge in [-0.1, -0.05) is 41.0 Å². The van der Waals surface area contributed by atoms with Gasteiger partial charge in [-0.25, -0.2) is 4.68 Å². The maximum absolute atomic E-state index is 6.23. The topological polar surface area (TPSA) is 95.7 Å². The second-order valence-electron chi connectivity index (χ2n) is 5.48. The molecule has 0 amide bonds. The molecule has 3 aromatic heterocycles. The number of aromatic nitrogens is 5. The first-order valence-electron chi connectivity index (χ1n) is 7.73. The number of hydrogen-bond donors (Lipinski definition) is 1. The Hall–Kier alpha value is -2.07. The van der Waals surface area contributed by atoms with E-state index in [1.54, 1.807) is 18.2 Å². The van der Waals surface area contributed by atoms with Crippen molar-refractivity contribution < 1.29 is 4.42 Å². The molecule has 1 aromatic carbocycles. The highest BCUT2D eigenvalue weighted by atomic mass is 35.5. The lowest BCUT2D eigenvalue weighted by molar-refractivity contribution is 0.510. The quantitative estimate of drug-likeness (QED) is 0.348. The fourth-order valence-corrected chi connectivity index (χ4v) is 4.14. The van der Waals surface area contributed by atoms with Crippen LogP contribution in [0.1, 0.15) is 18.1 Å². The van der Waals surface area contributed by atoms with Gasteiger partial charge in [-0.15, -0.1) is 31.7 Å². The van der Waals surface area contributed by atoms with Gasteiger partial charge in [0.2, 0.25) is 11.0 Å². The summed E-state index contributed by atoms with van der Waals surface area (Å²) >= 11 is 15.2. The summed E-state index contributed by atoms with van der Waals surface area (Å²) in [5, 5.41) is 19.8. The third-order valence-electron chi connectivity index (χ3n) is 3.64. The minimum atomic E-state index is -0.166. The van der Waals surface area contributed by atoms with Crippen molar-refractivity contribution >= 4 is 46.3 Å². The molecular weight excluding hydrogens is 427 g/mol. The maximum Gasteiger partial charge on any atom is 0.257 e. The molecule has 0 aliphatic heterocycles. The van der Waals surface area contributed by atoms with E-state index in [9.17, 15) is 0 Å². The summed E-state index contributed by atoms with van der Waals surface area (Å²) in [6.07, 6.45) is 0. The summed E-state index contributed by atoms with van der Waals surface area (Å²) in [6.45, 7) is 1.93. The average molecular weight is 439 g/mol. The maximum atomic E-state index is 6.23. The van der Waals surface area contributed by atoms with E-state index in [4.69, 9.17) is 33.5 Å². The van der Waals surface area contributed by atoms with Gasteiger partial charge in [-0.3, -0.25) is 0 Å². The molecule has 0 aliphatic carbocycles. The van der Waals surface area contributed by atoms with E-state index in [-0.39, 0.29) is 5.25 Å². The summed E-state index contributed by atoms with van der Waals surface area (Å²) < 4.78 is 7.13. The first kappa shape index (κ1) is 18.3. The minimum absolute atomic E-state index is 0.166. The molecule has 2 N–H and O–H groups in total. The molecule has 0 spiro atoms. The minimum Gasteiger partial charge on any atom is -0.419 e. The Balaban J connectivity index is 1.57. The second kappa shape index (κ2) is 7.51. The van der Waals surface area contributed by atoms with Crippen molar-refractivity contribution in [1.29, 1.82) is 0 Å². The van der Waals surface area contributed by atoms with Gasteiger partial charge >= 0.3 is 0 Å². The molecule has 0 saturated heterocycles. The smallest absolute Gasteiger partial charge is 0.257 e. The van der Waals surface area contributed by atoms with Gasteiger partial charge in [-0.05, 0) is 36.6 Å². The molecule has 0 saturated carbocycles. The lowest BCUT2D eigenvalue weighted by atomic mass is 10.2. The molecule has 1 atom stereocenters. The molecule has 27 heavy (non-hydrogen) atoms. The molecule has 4 rings (SSSR count). The van der Waals surface area contributed by atoms with Gasteiger partial charge in [0.05, 0.1) is 15.1 Å². The van der Waals surface area contributed by atoms with Crippen LogP contribution in [-0.4, -0.2) is 25.1 Å². The van der Waals surface area contributed by atoms with Crippen LogP contribution in [0.3, 0.4) is 0 Å². The molecule has 7 nitrogen and oxygen atoms in total. The molecule has 0 aliphatic rings. The number of rotatable bonds is 5.